The minimum absolute atomic E-state index is 0.0107. The minimum atomic E-state index is -4.54. The van der Waals surface area contributed by atoms with Crippen molar-refractivity contribution < 1.29 is 22.0 Å². The SMILES string of the molecule is Fc1cccc(F)c1CN1CCCC(Nc2nccc(C(F)(F)F)n2)C1. The molecule has 4 nitrogen and oxygen atoms in total. The van der Waals surface area contributed by atoms with E-state index in [9.17, 15) is 22.0 Å². The van der Waals surface area contributed by atoms with E-state index in [0.29, 0.717) is 19.5 Å². The molecular formula is C17H17F5N4. The molecule has 140 valence electrons. The molecule has 2 aromatic rings. The standard InChI is InChI=1S/C17H17F5N4/c18-13-4-1-5-14(19)12(13)10-26-8-2-3-11(9-26)24-16-23-7-6-15(25-16)17(20,21)22/h1,4-7,11H,2-3,8-10H2,(H,23,24,25). The van der Waals surface area contributed by atoms with Gasteiger partial charge in [0.25, 0.3) is 0 Å². The van der Waals surface area contributed by atoms with Gasteiger partial charge in [-0.1, -0.05) is 6.07 Å². The number of nitrogens with one attached hydrogen (secondary N) is 1. The number of halogens is 5. The molecule has 1 atom stereocenters. The monoisotopic (exact) mass is 372 g/mol. The molecule has 0 spiro atoms. The summed E-state index contributed by atoms with van der Waals surface area (Å²) in [6.07, 6.45) is -2.05. The van der Waals surface area contributed by atoms with E-state index in [2.05, 4.69) is 15.3 Å². The van der Waals surface area contributed by atoms with Crippen LogP contribution in [-0.2, 0) is 12.7 Å². The number of likely N-dealkylation sites (tertiary alicyclic amines) is 1. The average molecular weight is 372 g/mol. The molecule has 1 saturated heterocycles. The maximum absolute atomic E-state index is 13.8. The summed E-state index contributed by atoms with van der Waals surface area (Å²) >= 11 is 0. The van der Waals surface area contributed by atoms with Crippen molar-refractivity contribution in [2.45, 2.75) is 31.6 Å². The van der Waals surface area contributed by atoms with E-state index >= 15 is 0 Å². The van der Waals surface area contributed by atoms with Crippen molar-refractivity contribution >= 4 is 5.95 Å². The first-order valence-electron chi connectivity index (χ1n) is 8.15. The summed E-state index contributed by atoms with van der Waals surface area (Å²) in [7, 11) is 0. The normalized spacial score (nSPS) is 18.7. The fourth-order valence-corrected chi connectivity index (χ4v) is 2.99. The Hall–Kier alpha value is -2.29. The molecule has 1 unspecified atom stereocenters. The van der Waals surface area contributed by atoms with Crippen LogP contribution in [0.5, 0.6) is 0 Å². The molecular weight excluding hydrogens is 355 g/mol. The van der Waals surface area contributed by atoms with Crippen LogP contribution in [0.1, 0.15) is 24.1 Å². The number of hydrogen-bond donors (Lipinski definition) is 1. The number of anilines is 1. The third-order valence-electron chi connectivity index (χ3n) is 4.23. The van der Waals surface area contributed by atoms with Crippen LogP contribution in [0, 0.1) is 11.6 Å². The van der Waals surface area contributed by atoms with Crippen LogP contribution < -0.4 is 5.32 Å². The molecule has 0 aliphatic carbocycles. The quantitative estimate of drug-likeness (QED) is 0.828. The predicted octanol–water partition coefficient (Wildman–Crippen LogP) is 3.85. The molecule has 1 aromatic carbocycles. The summed E-state index contributed by atoms with van der Waals surface area (Å²) in [5.74, 6) is -1.33. The topological polar surface area (TPSA) is 41.0 Å². The van der Waals surface area contributed by atoms with Crippen LogP contribution in [0.15, 0.2) is 30.5 Å². The molecule has 0 saturated carbocycles. The van der Waals surface area contributed by atoms with Gasteiger partial charge in [0.05, 0.1) is 0 Å². The molecule has 1 aliphatic rings. The molecule has 3 rings (SSSR count). The highest BCUT2D eigenvalue weighted by Gasteiger charge is 2.33. The number of piperidine rings is 1. The second-order valence-corrected chi connectivity index (χ2v) is 6.18. The second kappa shape index (κ2) is 7.53. The van der Waals surface area contributed by atoms with Gasteiger partial charge in [-0.2, -0.15) is 13.2 Å². The van der Waals surface area contributed by atoms with Gasteiger partial charge in [0, 0.05) is 30.9 Å². The first-order chi connectivity index (χ1) is 12.3. The summed E-state index contributed by atoms with van der Waals surface area (Å²) < 4.78 is 65.8. The van der Waals surface area contributed by atoms with Crippen LogP contribution in [0.4, 0.5) is 27.9 Å². The minimum Gasteiger partial charge on any atom is -0.350 e. The van der Waals surface area contributed by atoms with E-state index in [1.807, 2.05) is 4.90 Å². The average Bonchev–Trinajstić information content (AvgIpc) is 2.58. The Bertz CT molecular complexity index is 745. The van der Waals surface area contributed by atoms with Gasteiger partial charge < -0.3 is 5.32 Å². The summed E-state index contributed by atoms with van der Waals surface area (Å²) in [6, 6.07) is 4.31. The highest BCUT2D eigenvalue weighted by atomic mass is 19.4. The molecule has 1 N–H and O–H groups in total. The molecule has 0 radical (unpaired) electrons. The zero-order valence-electron chi connectivity index (χ0n) is 13.7. The predicted molar refractivity (Wildman–Crippen MR) is 85.3 cm³/mol. The number of benzene rings is 1. The fourth-order valence-electron chi connectivity index (χ4n) is 2.99. The second-order valence-electron chi connectivity index (χ2n) is 6.18. The smallest absolute Gasteiger partial charge is 0.350 e. The number of aromatic nitrogens is 2. The van der Waals surface area contributed by atoms with Crippen molar-refractivity contribution in [2.24, 2.45) is 0 Å². The lowest BCUT2D eigenvalue weighted by atomic mass is 10.0. The molecule has 2 heterocycles. The Labute approximate surface area is 147 Å². The molecule has 1 fully saturated rings. The molecule has 0 amide bonds. The maximum Gasteiger partial charge on any atom is 0.433 e. The van der Waals surface area contributed by atoms with E-state index in [4.69, 9.17) is 0 Å². The molecule has 1 aromatic heterocycles. The Morgan fingerprint density at radius 2 is 1.88 bits per heavy atom. The number of hydrogen-bond acceptors (Lipinski definition) is 4. The van der Waals surface area contributed by atoms with E-state index in [1.54, 1.807) is 0 Å². The van der Waals surface area contributed by atoms with E-state index < -0.39 is 23.5 Å². The van der Waals surface area contributed by atoms with Gasteiger partial charge in [-0.25, -0.2) is 18.7 Å². The van der Waals surface area contributed by atoms with Crippen molar-refractivity contribution in [1.82, 2.24) is 14.9 Å². The Morgan fingerprint density at radius 3 is 2.58 bits per heavy atom. The highest BCUT2D eigenvalue weighted by molar-refractivity contribution is 5.28. The van der Waals surface area contributed by atoms with Crippen molar-refractivity contribution in [3.8, 4) is 0 Å². The summed E-state index contributed by atoms with van der Waals surface area (Å²) in [6.45, 7) is 1.17. The van der Waals surface area contributed by atoms with Crippen LogP contribution in [0.25, 0.3) is 0 Å². The van der Waals surface area contributed by atoms with Gasteiger partial charge in [-0.05, 0) is 37.6 Å². The first-order valence-corrected chi connectivity index (χ1v) is 8.15. The molecule has 1 aliphatic heterocycles. The van der Waals surface area contributed by atoms with Gasteiger partial charge in [0.1, 0.15) is 17.3 Å². The first kappa shape index (κ1) is 18.5. The molecule has 9 heteroatoms. The zero-order chi connectivity index (χ0) is 18.7. The highest BCUT2D eigenvalue weighted by Crippen LogP contribution is 2.28. The lowest BCUT2D eigenvalue weighted by molar-refractivity contribution is -0.141. The molecule has 0 bridgehead atoms. The Morgan fingerprint density at radius 1 is 1.15 bits per heavy atom. The van der Waals surface area contributed by atoms with E-state index in [0.717, 1.165) is 18.7 Å². The zero-order valence-corrected chi connectivity index (χ0v) is 13.7. The van der Waals surface area contributed by atoms with Crippen LogP contribution in [-0.4, -0.2) is 34.0 Å². The van der Waals surface area contributed by atoms with E-state index in [1.165, 1.54) is 18.2 Å². The lowest BCUT2D eigenvalue weighted by Gasteiger charge is -2.33. The van der Waals surface area contributed by atoms with Crippen molar-refractivity contribution in [3.05, 3.63) is 53.4 Å². The van der Waals surface area contributed by atoms with Crippen LogP contribution in [0.3, 0.4) is 0 Å². The van der Waals surface area contributed by atoms with Crippen LogP contribution in [0.2, 0.25) is 0 Å². The number of nitrogens with zero attached hydrogens (tertiary/aromatic N) is 3. The fraction of sp³-hybridized carbons (Fsp3) is 0.412. The van der Waals surface area contributed by atoms with Crippen LogP contribution >= 0.6 is 0 Å². The third-order valence-corrected chi connectivity index (χ3v) is 4.23. The van der Waals surface area contributed by atoms with Gasteiger partial charge in [0.15, 0.2) is 0 Å². The summed E-state index contributed by atoms with van der Waals surface area (Å²) in [5.41, 5.74) is -1.03. The number of alkyl halides is 3. The summed E-state index contributed by atoms with van der Waals surface area (Å²) in [5, 5.41) is 2.89. The van der Waals surface area contributed by atoms with Crippen molar-refractivity contribution in [3.63, 3.8) is 0 Å². The van der Waals surface area contributed by atoms with Gasteiger partial charge in [-0.15, -0.1) is 0 Å². The van der Waals surface area contributed by atoms with Gasteiger partial charge in [-0.3, -0.25) is 4.90 Å². The Balaban J connectivity index is 1.66. The maximum atomic E-state index is 13.8. The van der Waals surface area contributed by atoms with Crippen molar-refractivity contribution in [1.29, 1.82) is 0 Å². The number of rotatable bonds is 4. The largest absolute Gasteiger partial charge is 0.433 e. The lowest BCUT2D eigenvalue weighted by Crippen LogP contribution is -2.42. The third kappa shape index (κ3) is 4.46. The Kier molecular flexibility index (Phi) is 5.36. The van der Waals surface area contributed by atoms with Gasteiger partial charge in [0.2, 0.25) is 5.95 Å². The van der Waals surface area contributed by atoms with E-state index in [-0.39, 0.29) is 24.1 Å². The van der Waals surface area contributed by atoms with Crippen molar-refractivity contribution in [2.75, 3.05) is 18.4 Å². The summed E-state index contributed by atoms with van der Waals surface area (Å²) in [4.78, 5) is 9.17. The van der Waals surface area contributed by atoms with Gasteiger partial charge >= 0.3 is 6.18 Å². The molecule has 26 heavy (non-hydrogen) atoms.